The number of halogens is 1. The highest BCUT2D eigenvalue weighted by Crippen LogP contribution is 2.14. The van der Waals surface area contributed by atoms with Gasteiger partial charge in [0.15, 0.2) is 0 Å². The fourth-order valence-electron chi connectivity index (χ4n) is 2.29. The van der Waals surface area contributed by atoms with Crippen molar-refractivity contribution in [3.63, 3.8) is 0 Å². The van der Waals surface area contributed by atoms with Crippen LogP contribution in [0.2, 0.25) is 5.02 Å². The Morgan fingerprint density at radius 2 is 2.00 bits per heavy atom. The van der Waals surface area contributed by atoms with E-state index in [-0.39, 0.29) is 5.91 Å². The smallest absolute Gasteiger partial charge is 0.270 e. The van der Waals surface area contributed by atoms with Gasteiger partial charge in [0.05, 0.1) is 0 Å². The summed E-state index contributed by atoms with van der Waals surface area (Å²) in [5.74, 6) is 0.969. The number of rotatable bonds is 8. The molecule has 1 aromatic carbocycles. The number of aryl methyl sites for hydroxylation is 1. The molecule has 0 aliphatic carbocycles. The Morgan fingerprint density at radius 3 is 2.72 bits per heavy atom. The largest absolute Gasteiger partial charge is 0.370 e. The zero-order chi connectivity index (χ0) is 18.2. The molecule has 1 heterocycles. The standard InChI is InChI=1S/C18H24ClN5O/c1-13-22-16(11-17(23-13)20-9-6-10-24(2)3)18(25)21-12-14-7-4-5-8-15(14)19/h4-5,7-8,11H,6,9-10,12H2,1-3H3,(H,21,25)(H,20,22,23). The van der Waals surface area contributed by atoms with Crippen LogP contribution in [0.3, 0.4) is 0 Å². The maximum atomic E-state index is 12.4. The summed E-state index contributed by atoms with van der Waals surface area (Å²) in [6.45, 7) is 3.90. The van der Waals surface area contributed by atoms with Crippen LogP contribution in [0.1, 0.15) is 28.3 Å². The van der Waals surface area contributed by atoms with E-state index in [9.17, 15) is 4.79 Å². The number of nitrogens with one attached hydrogen (secondary N) is 2. The molecule has 1 amide bonds. The van der Waals surface area contributed by atoms with Gasteiger partial charge in [-0.25, -0.2) is 9.97 Å². The maximum Gasteiger partial charge on any atom is 0.270 e. The van der Waals surface area contributed by atoms with Crippen molar-refractivity contribution < 1.29 is 4.79 Å². The minimum absolute atomic E-state index is 0.248. The average Bonchev–Trinajstić information content (AvgIpc) is 2.57. The highest BCUT2D eigenvalue weighted by atomic mass is 35.5. The van der Waals surface area contributed by atoms with Crippen molar-refractivity contribution in [1.82, 2.24) is 20.2 Å². The molecule has 134 valence electrons. The zero-order valence-corrected chi connectivity index (χ0v) is 15.6. The van der Waals surface area contributed by atoms with Crippen molar-refractivity contribution in [2.75, 3.05) is 32.5 Å². The first kappa shape index (κ1) is 19.1. The Kier molecular flexibility index (Phi) is 7.16. The van der Waals surface area contributed by atoms with E-state index < -0.39 is 0 Å². The van der Waals surface area contributed by atoms with E-state index in [0.717, 1.165) is 25.1 Å². The fourth-order valence-corrected chi connectivity index (χ4v) is 2.50. The molecule has 0 spiro atoms. The minimum Gasteiger partial charge on any atom is -0.370 e. The van der Waals surface area contributed by atoms with Gasteiger partial charge in [0, 0.05) is 24.2 Å². The second kappa shape index (κ2) is 9.34. The minimum atomic E-state index is -0.248. The lowest BCUT2D eigenvalue weighted by Gasteiger charge is -2.11. The molecule has 0 aliphatic heterocycles. The van der Waals surface area contributed by atoms with E-state index in [0.29, 0.717) is 28.9 Å². The fraction of sp³-hybridized carbons (Fsp3) is 0.389. The van der Waals surface area contributed by atoms with Crippen LogP contribution in [0.4, 0.5) is 5.82 Å². The molecular formula is C18H24ClN5O. The molecule has 2 aromatic rings. The van der Waals surface area contributed by atoms with E-state index in [4.69, 9.17) is 11.6 Å². The average molecular weight is 362 g/mol. The van der Waals surface area contributed by atoms with Crippen LogP contribution in [0, 0.1) is 6.92 Å². The second-order valence-electron chi connectivity index (χ2n) is 6.04. The molecule has 0 fully saturated rings. The number of aromatic nitrogens is 2. The molecule has 0 saturated heterocycles. The first-order chi connectivity index (χ1) is 12.0. The number of anilines is 1. The Labute approximate surface area is 153 Å². The molecule has 0 bridgehead atoms. The maximum absolute atomic E-state index is 12.4. The first-order valence-electron chi connectivity index (χ1n) is 8.21. The van der Waals surface area contributed by atoms with E-state index >= 15 is 0 Å². The molecule has 2 N–H and O–H groups in total. The molecule has 25 heavy (non-hydrogen) atoms. The lowest BCUT2D eigenvalue weighted by atomic mass is 10.2. The van der Waals surface area contributed by atoms with Crippen molar-refractivity contribution >= 4 is 23.3 Å². The van der Waals surface area contributed by atoms with E-state index in [1.54, 1.807) is 19.1 Å². The third-order valence-electron chi connectivity index (χ3n) is 3.56. The van der Waals surface area contributed by atoms with Gasteiger partial charge in [0.1, 0.15) is 17.3 Å². The number of nitrogens with zero attached hydrogens (tertiary/aromatic N) is 3. The number of amides is 1. The predicted molar refractivity (Wildman–Crippen MR) is 101 cm³/mol. The summed E-state index contributed by atoms with van der Waals surface area (Å²) in [5, 5.41) is 6.71. The molecule has 0 unspecified atom stereocenters. The van der Waals surface area contributed by atoms with Crippen LogP contribution in [0.25, 0.3) is 0 Å². The lowest BCUT2D eigenvalue weighted by molar-refractivity contribution is 0.0945. The second-order valence-corrected chi connectivity index (χ2v) is 6.45. The summed E-state index contributed by atoms with van der Waals surface area (Å²) < 4.78 is 0. The molecule has 0 aliphatic rings. The van der Waals surface area contributed by atoms with Gasteiger partial charge in [-0.1, -0.05) is 29.8 Å². The Hall–Kier alpha value is -2.18. The third kappa shape index (κ3) is 6.32. The van der Waals surface area contributed by atoms with E-state index in [1.165, 1.54) is 0 Å². The van der Waals surface area contributed by atoms with Gasteiger partial charge in [0.25, 0.3) is 5.91 Å². The van der Waals surface area contributed by atoms with Gasteiger partial charge < -0.3 is 15.5 Å². The summed E-state index contributed by atoms with van der Waals surface area (Å²) in [5.41, 5.74) is 1.21. The number of hydrogen-bond donors (Lipinski definition) is 2. The van der Waals surface area contributed by atoms with E-state index in [1.807, 2.05) is 32.3 Å². The quantitative estimate of drug-likeness (QED) is 0.707. The number of hydrogen-bond acceptors (Lipinski definition) is 5. The summed E-state index contributed by atoms with van der Waals surface area (Å²) in [6, 6.07) is 9.09. The molecule has 0 radical (unpaired) electrons. The number of benzene rings is 1. The highest BCUT2D eigenvalue weighted by Gasteiger charge is 2.11. The van der Waals surface area contributed by atoms with Crippen molar-refractivity contribution in [3.8, 4) is 0 Å². The van der Waals surface area contributed by atoms with Crippen LogP contribution in [0.5, 0.6) is 0 Å². The van der Waals surface area contributed by atoms with Gasteiger partial charge in [-0.3, -0.25) is 4.79 Å². The zero-order valence-electron chi connectivity index (χ0n) is 14.8. The van der Waals surface area contributed by atoms with E-state index in [2.05, 4.69) is 25.5 Å². The van der Waals surface area contributed by atoms with Crippen molar-refractivity contribution in [1.29, 1.82) is 0 Å². The van der Waals surface area contributed by atoms with Crippen molar-refractivity contribution in [3.05, 3.63) is 52.4 Å². The van der Waals surface area contributed by atoms with Crippen molar-refractivity contribution in [2.24, 2.45) is 0 Å². The van der Waals surface area contributed by atoms with Gasteiger partial charge in [-0.05, 0) is 45.6 Å². The Bertz CT molecular complexity index is 720. The highest BCUT2D eigenvalue weighted by molar-refractivity contribution is 6.31. The predicted octanol–water partition coefficient (Wildman–Crippen LogP) is 2.73. The summed E-state index contributed by atoms with van der Waals surface area (Å²) in [4.78, 5) is 23.0. The number of carbonyl (C=O) groups is 1. The SMILES string of the molecule is Cc1nc(NCCCN(C)C)cc(C(=O)NCc2ccccc2Cl)n1. The lowest BCUT2D eigenvalue weighted by Crippen LogP contribution is -2.25. The Morgan fingerprint density at radius 1 is 1.24 bits per heavy atom. The molecule has 0 atom stereocenters. The topological polar surface area (TPSA) is 70.2 Å². The number of carbonyl (C=O) groups excluding carboxylic acids is 1. The van der Waals surface area contributed by atoms with Gasteiger partial charge in [-0.2, -0.15) is 0 Å². The van der Waals surface area contributed by atoms with Crippen LogP contribution >= 0.6 is 11.6 Å². The molecule has 1 aromatic heterocycles. The van der Waals surface area contributed by atoms with Crippen LogP contribution < -0.4 is 10.6 Å². The van der Waals surface area contributed by atoms with Crippen LogP contribution in [0.15, 0.2) is 30.3 Å². The molecule has 2 rings (SSSR count). The summed E-state index contributed by atoms with van der Waals surface area (Å²) >= 11 is 6.11. The normalized spacial score (nSPS) is 10.8. The van der Waals surface area contributed by atoms with Crippen molar-refractivity contribution in [2.45, 2.75) is 19.9 Å². The summed E-state index contributed by atoms with van der Waals surface area (Å²) in [6.07, 6.45) is 0.990. The molecular weight excluding hydrogens is 338 g/mol. The molecule has 7 heteroatoms. The monoisotopic (exact) mass is 361 g/mol. The summed E-state index contributed by atoms with van der Waals surface area (Å²) in [7, 11) is 4.08. The van der Waals surface area contributed by atoms with Crippen LogP contribution in [-0.2, 0) is 6.54 Å². The van der Waals surface area contributed by atoms with Gasteiger partial charge in [0.2, 0.25) is 0 Å². The third-order valence-corrected chi connectivity index (χ3v) is 3.92. The molecule has 0 saturated carbocycles. The first-order valence-corrected chi connectivity index (χ1v) is 8.59. The van der Waals surface area contributed by atoms with Crippen LogP contribution in [-0.4, -0.2) is 48.0 Å². The Balaban J connectivity index is 1.96. The molecule has 6 nitrogen and oxygen atoms in total. The van der Waals surface area contributed by atoms with Gasteiger partial charge in [-0.15, -0.1) is 0 Å². The van der Waals surface area contributed by atoms with Gasteiger partial charge >= 0.3 is 0 Å².